The van der Waals surface area contributed by atoms with E-state index in [0.29, 0.717) is 11.1 Å². The molecule has 2 N–H and O–H groups in total. The zero-order valence-electron chi connectivity index (χ0n) is 12.8. The van der Waals surface area contributed by atoms with Crippen LogP contribution in [0.25, 0.3) is 11.1 Å². The summed E-state index contributed by atoms with van der Waals surface area (Å²) in [7, 11) is 0. The van der Waals surface area contributed by atoms with Crippen molar-refractivity contribution >= 4 is 12.6 Å². The Balaban J connectivity index is 0.00000100. The van der Waals surface area contributed by atoms with E-state index in [9.17, 15) is 15.0 Å². The van der Waals surface area contributed by atoms with E-state index in [0.717, 1.165) is 11.1 Å². The average Bonchev–Trinajstić information content (AvgIpc) is 2.64. The number of phenolic OH excluding ortho intramolecular Hbond substituents is 2. The van der Waals surface area contributed by atoms with E-state index >= 15 is 0 Å². The molecule has 24 heavy (non-hydrogen) atoms. The fraction of sp³-hybridized carbons (Fsp3) is 0. The number of aromatic hydroxyl groups is 2. The topological polar surface area (TPSA) is 74.6 Å². The molecular weight excluding hydrogens is 304 g/mol. The fourth-order valence-corrected chi connectivity index (χ4v) is 2.27. The Labute approximate surface area is 139 Å². The van der Waals surface area contributed by atoms with Gasteiger partial charge in [-0.25, -0.2) is 0 Å². The molecule has 4 nitrogen and oxygen atoms in total. The summed E-state index contributed by atoms with van der Waals surface area (Å²) in [5, 5.41) is 18.6. The van der Waals surface area contributed by atoms with E-state index in [1.54, 1.807) is 42.5 Å². The monoisotopic (exact) mass is 320 g/mol. The molecule has 0 unspecified atom stereocenters. The Morgan fingerprint density at radius 3 is 1.79 bits per heavy atom. The van der Waals surface area contributed by atoms with Crippen LogP contribution in [0.1, 0.15) is 15.9 Å². The maximum atomic E-state index is 12.5. The number of carbonyl (C=O) groups is 2. The van der Waals surface area contributed by atoms with Crippen LogP contribution in [0.3, 0.4) is 0 Å². The third-order valence-electron chi connectivity index (χ3n) is 3.45. The van der Waals surface area contributed by atoms with E-state index in [-0.39, 0.29) is 17.3 Å². The van der Waals surface area contributed by atoms with Crippen LogP contribution in [-0.2, 0) is 4.79 Å². The Morgan fingerprint density at radius 2 is 1.21 bits per heavy atom. The lowest BCUT2D eigenvalue weighted by molar-refractivity contribution is -0.0980. The normalized spacial score (nSPS) is 9.67. The molecule has 0 heterocycles. The van der Waals surface area contributed by atoms with Crippen molar-refractivity contribution in [2.24, 2.45) is 0 Å². The van der Waals surface area contributed by atoms with Gasteiger partial charge in [0.1, 0.15) is 18.3 Å². The van der Waals surface area contributed by atoms with Gasteiger partial charge in [-0.2, -0.15) is 0 Å². The molecule has 120 valence electrons. The number of benzene rings is 3. The third-order valence-corrected chi connectivity index (χ3v) is 3.45. The van der Waals surface area contributed by atoms with E-state index in [1.807, 2.05) is 25.0 Å². The predicted molar refractivity (Wildman–Crippen MR) is 92.2 cm³/mol. The highest BCUT2D eigenvalue weighted by Gasteiger charge is 2.10. The van der Waals surface area contributed by atoms with Gasteiger partial charge in [-0.15, -0.1) is 0 Å². The van der Waals surface area contributed by atoms with Crippen LogP contribution < -0.4 is 0 Å². The van der Waals surface area contributed by atoms with Crippen LogP contribution in [0.4, 0.5) is 0 Å². The highest BCUT2D eigenvalue weighted by Crippen LogP contribution is 2.24. The van der Waals surface area contributed by atoms with Crippen molar-refractivity contribution in [1.29, 1.82) is 0 Å². The van der Waals surface area contributed by atoms with Gasteiger partial charge >= 0.3 is 0 Å². The predicted octanol–water partition coefficient (Wildman–Crippen LogP) is 3.81. The Hall–Kier alpha value is -3.40. The van der Waals surface area contributed by atoms with Crippen molar-refractivity contribution in [2.75, 3.05) is 0 Å². The summed E-state index contributed by atoms with van der Waals surface area (Å²) in [6.07, 6.45) is 0. The highest BCUT2D eigenvalue weighted by molar-refractivity contribution is 6.09. The van der Waals surface area contributed by atoms with E-state index in [1.165, 1.54) is 12.1 Å². The van der Waals surface area contributed by atoms with E-state index in [4.69, 9.17) is 4.79 Å². The van der Waals surface area contributed by atoms with Gasteiger partial charge in [0.2, 0.25) is 0 Å². The first kappa shape index (κ1) is 17.0. The van der Waals surface area contributed by atoms with Crippen LogP contribution in [-0.4, -0.2) is 22.8 Å². The van der Waals surface area contributed by atoms with Gasteiger partial charge in [-0.3, -0.25) is 4.79 Å². The lowest BCUT2D eigenvalue weighted by atomic mass is 9.98. The molecule has 0 fully saturated rings. The molecule has 0 saturated heterocycles. The SMILES string of the molecule is C=O.O=C(c1ccc(O)cc1)c1cccc(-c2ccc(O)cc2)c1. The minimum Gasteiger partial charge on any atom is -0.508 e. The molecule has 0 aromatic heterocycles. The second-order valence-corrected chi connectivity index (χ2v) is 5.00. The fourth-order valence-electron chi connectivity index (χ4n) is 2.27. The standard InChI is InChI=1S/C19H14O3.CH2O/c20-17-8-4-13(5-9-17)15-2-1-3-16(12-15)19(22)14-6-10-18(21)11-7-14;1-2/h1-12,20-21H;1H2. The van der Waals surface area contributed by atoms with Gasteiger partial charge in [0.05, 0.1) is 0 Å². The van der Waals surface area contributed by atoms with Gasteiger partial charge in [0, 0.05) is 11.1 Å². The average molecular weight is 320 g/mol. The van der Waals surface area contributed by atoms with Crippen LogP contribution in [0.2, 0.25) is 0 Å². The molecule has 0 spiro atoms. The van der Waals surface area contributed by atoms with E-state index in [2.05, 4.69) is 0 Å². The number of carbonyl (C=O) groups excluding carboxylic acids is 2. The summed E-state index contributed by atoms with van der Waals surface area (Å²) in [6, 6.07) is 20.4. The summed E-state index contributed by atoms with van der Waals surface area (Å²) in [6.45, 7) is 2.00. The number of ketones is 1. The van der Waals surface area contributed by atoms with Crippen LogP contribution in [0, 0.1) is 0 Å². The van der Waals surface area contributed by atoms with Crippen molar-refractivity contribution in [3.8, 4) is 22.6 Å². The zero-order chi connectivity index (χ0) is 17.5. The third kappa shape index (κ3) is 3.87. The molecule has 0 atom stereocenters. The van der Waals surface area contributed by atoms with Crippen molar-refractivity contribution < 1.29 is 19.8 Å². The summed E-state index contributed by atoms with van der Waals surface area (Å²) >= 11 is 0. The molecule has 3 aromatic rings. The molecule has 0 aliphatic carbocycles. The van der Waals surface area contributed by atoms with Gasteiger partial charge in [-0.05, 0) is 53.6 Å². The van der Waals surface area contributed by atoms with Crippen molar-refractivity contribution in [1.82, 2.24) is 0 Å². The minimum atomic E-state index is -0.0966. The number of rotatable bonds is 3. The smallest absolute Gasteiger partial charge is 0.193 e. The highest BCUT2D eigenvalue weighted by atomic mass is 16.3. The molecular formula is C20H16O4. The second kappa shape index (κ2) is 7.74. The largest absolute Gasteiger partial charge is 0.508 e. The first-order valence-electron chi connectivity index (χ1n) is 7.15. The molecule has 4 heteroatoms. The number of phenols is 2. The molecule has 0 amide bonds. The summed E-state index contributed by atoms with van der Waals surface area (Å²) in [4.78, 5) is 20.5. The van der Waals surface area contributed by atoms with Crippen molar-refractivity contribution in [3.63, 3.8) is 0 Å². The molecule has 3 rings (SSSR count). The quantitative estimate of drug-likeness (QED) is 0.720. The summed E-state index contributed by atoms with van der Waals surface area (Å²) < 4.78 is 0. The minimum absolute atomic E-state index is 0.0966. The molecule has 0 bridgehead atoms. The lowest BCUT2D eigenvalue weighted by Crippen LogP contribution is -2.00. The summed E-state index contributed by atoms with van der Waals surface area (Å²) in [5.41, 5.74) is 2.94. The molecule has 0 saturated carbocycles. The molecule has 0 radical (unpaired) electrons. The molecule has 0 aliphatic heterocycles. The van der Waals surface area contributed by atoms with Crippen LogP contribution in [0.15, 0.2) is 72.8 Å². The Bertz CT molecular complexity index is 821. The van der Waals surface area contributed by atoms with Gasteiger partial charge in [0.15, 0.2) is 5.78 Å². The Morgan fingerprint density at radius 1 is 0.667 bits per heavy atom. The zero-order valence-corrected chi connectivity index (χ0v) is 12.8. The van der Waals surface area contributed by atoms with Gasteiger partial charge in [0.25, 0.3) is 0 Å². The van der Waals surface area contributed by atoms with E-state index < -0.39 is 0 Å². The number of hydrogen-bond acceptors (Lipinski definition) is 4. The summed E-state index contributed by atoms with van der Waals surface area (Å²) in [5.74, 6) is 0.245. The second-order valence-electron chi connectivity index (χ2n) is 5.00. The first-order valence-corrected chi connectivity index (χ1v) is 7.15. The van der Waals surface area contributed by atoms with Crippen molar-refractivity contribution in [2.45, 2.75) is 0 Å². The first-order chi connectivity index (χ1) is 11.6. The van der Waals surface area contributed by atoms with Crippen LogP contribution in [0.5, 0.6) is 11.5 Å². The maximum Gasteiger partial charge on any atom is 0.193 e. The van der Waals surface area contributed by atoms with Gasteiger partial charge < -0.3 is 15.0 Å². The molecule has 3 aromatic carbocycles. The lowest BCUT2D eigenvalue weighted by Gasteiger charge is -2.06. The Kier molecular flexibility index (Phi) is 5.47. The molecule has 0 aliphatic rings. The van der Waals surface area contributed by atoms with Gasteiger partial charge in [-0.1, -0.05) is 30.3 Å². The number of hydrogen-bond donors (Lipinski definition) is 2. The van der Waals surface area contributed by atoms with Crippen LogP contribution >= 0.6 is 0 Å². The van der Waals surface area contributed by atoms with Crippen molar-refractivity contribution in [3.05, 3.63) is 83.9 Å². The maximum absolute atomic E-state index is 12.5.